The Morgan fingerprint density at radius 1 is 1.35 bits per heavy atom. The molecular weight excluding hydrogens is 299 g/mol. The Bertz CT molecular complexity index is 393. The number of nitrogens with one attached hydrogen (secondary N) is 1. The summed E-state index contributed by atoms with van der Waals surface area (Å²) in [6.07, 6.45) is -3.87. The third kappa shape index (κ3) is 3.61. The molecule has 1 rings (SSSR count). The summed E-state index contributed by atoms with van der Waals surface area (Å²) in [6, 6.07) is 2.16. The highest BCUT2D eigenvalue weighted by atomic mass is 79.9. The highest BCUT2D eigenvalue weighted by Crippen LogP contribution is 2.37. The molecule has 0 unspecified atom stereocenters. The van der Waals surface area contributed by atoms with Gasteiger partial charge in [-0.1, -0.05) is 0 Å². The topological polar surface area (TPSA) is 21.3 Å². The van der Waals surface area contributed by atoms with Crippen LogP contribution in [-0.2, 0) is 12.6 Å². The molecule has 2 nitrogen and oxygen atoms in total. The van der Waals surface area contributed by atoms with E-state index in [1.165, 1.54) is 7.11 Å². The van der Waals surface area contributed by atoms with Crippen molar-refractivity contribution >= 4 is 15.9 Å². The van der Waals surface area contributed by atoms with Gasteiger partial charge in [0.2, 0.25) is 0 Å². The molecule has 0 aromatic heterocycles. The molecule has 0 radical (unpaired) electrons. The summed E-state index contributed by atoms with van der Waals surface area (Å²) >= 11 is 3.10. The number of alkyl halides is 3. The monoisotopic (exact) mass is 311 g/mol. The van der Waals surface area contributed by atoms with Crippen molar-refractivity contribution in [2.75, 3.05) is 20.7 Å². The molecule has 0 aliphatic carbocycles. The van der Waals surface area contributed by atoms with Gasteiger partial charge in [-0.25, -0.2) is 0 Å². The molecule has 0 amide bonds. The van der Waals surface area contributed by atoms with E-state index in [-0.39, 0.29) is 0 Å². The van der Waals surface area contributed by atoms with E-state index in [1.807, 2.05) is 0 Å². The zero-order chi connectivity index (χ0) is 13.1. The summed E-state index contributed by atoms with van der Waals surface area (Å²) in [7, 11) is 3.19. The van der Waals surface area contributed by atoms with Crippen LogP contribution in [0, 0.1) is 0 Å². The number of likely N-dealkylation sites (N-methyl/N-ethyl adjacent to an activating group) is 1. The highest BCUT2D eigenvalue weighted by Gasteiger charge is 2.32. The van der Waals surface area contributed by atoms with Crippen LogP contribution < -0.4 is 10.1 Å². The van der Waals surface area contributed by atoms with Crippen molar-refractivity contribution in [2.45, 2.75) is 12.6 Å². The van der Waals surface area contributed by atoms with Gasteiger partial charge in [0.1, 0.15) is 5.75 Å². The molecule has 0 aliphatic heterocycles. The van der Waals surface area contributed by atoms with E-state index in [1.54, 1.807) is 7.05 Å². The second kappa shape index (κ2) is 5.73. The first-order valence-corrected chi connectivity index (χ1v) is 5.77. The van der Waals surface area contributed by atoms with Crippen LogP contribution in [0.3, 0.4) is 0 Å². The van der Waals surface area contributed by atoms with E-state index < -0.39 is 11.7 Å². The molecular formula is C11H13BrF3NO. The van der Waals surface area contributed by atoms with Crippen molar-refractivity contribution in [3.63, 3.8) is 0 Å². The van der Waals surface area contributed by atoms with Gasteiger partial charge in [-0.15, -0.1) is 0 Å². The average Bonchev–Trinajstić information content (AvgIpc) is 2.24. The molecule has 0 fully saturated rings. The summed E-state index contributed by atoms with van der Waals surface area (Å²) in [5.74, 6) is 0.452. The molecule has 0 atom stereocenters. The van der Waals surface area contributed by atoms with Crippen molar-refractivity contribution in [1.82, 2.24) is 5.32 Å². The van der Waals surface area contributed by atoms with Gasteiger partial charge in [-0.05, 0) is 53.6 Å². The molecule has 0 aliphatic rings. The van der Waals surface area contributed by atoms with Crippen LogP contribution in [0.15, 0.2) is 16.6 Å². The molecule has 1 aromatic rings. The Hall–Kier alpha value is -0.750. The van der Waals surface area contributed by atoms with Gasteiger partial charge in [0.25, 0.3) is 0 Å². The van der Waals surface area contributed by atoms with E-state index in [4.69, 9.17) is 4.74 Å². The highest BCUT2D eigenvalue weighted by molar-refractivity contribution is 9.10. The fourth-order valence-corrected chi connectivity index (χ4v) is 2.15. The Morgan fingerprint density at radius 2 is 2.00 bits per heavy atom. The maximum atomic E-state index is 12.6. The summed E-state index contributed by atoms with van der Waals surface area (Å²) in [5, 5.41) is 2.89. The Labute approximate surface area is 106 Å². The van der Waals surface area contributed by atoms with Crippen molar-refractivity contribution in [3.05, 3.63) is 27.7 Å². The number of benzene rings is 1. The lowest BCUT2D eigenvalue weighted by molar-refractivity contribution is -0.137. The summed E-state index contributed by atoms with van der Waals surface area (Å²) in [6.45, 7) is 0.587. The molecule has 0 saturated heterocycles. The normalized spacial score (nSPS) is 11.6. The van der Waals surface area contributed by atoms with Gasteiger partial charge in [-0.2, -0.15) is 13.2 Å². The minimum atomic E-state index is -4.34. The number of methoxy groups -OCH3 is 1. The van der Waals surface area contributed by atoms with Crippen LogP contribution >= 0.6 is 15.9 Å². The SMILES string of the molecule is CNCCc1cc(C(F)(F)F)cc(Br)c1OC. The largest absolute Gasteiger partial charge is 0.495 e. The standard InChI is InChI=1S/C11H13BrF3NO/c1-16-4-3-7-5-8(11(13,14)15)6-9(12)10(7)17-2/h5-6,16H,3-4H2,1-2H3. The number of ether oxygens (including phenoxy) is 1. The lowest BCUT2D eigenvalue weighted by Crippen LogP contribution is -2.13. The average molecular weight is 312 g/mol. The summed E-state index contributed by atoms with van der Waals surface area (Å²) < 4.78 is 43.3. The van der Waals surface area contributed by atoms with Gasteiger partial charge in [0.05, 0.1) is 17.1 Å². The van der Waals surface area contributed by atoms with Crippen LogP contribution in [0.2, 0.25) is 0 Å². The first kappa shape index (κ1) is 14.3. The molecule has 0 spiro atoms. The first-order valence-electron chi connectivity index (χ1n) is 4.98. The predicted molar refractivity (Wildman–Crippen MR) is 63.3 cm³/mol. The van der Waals surface area contributed by atoms with Crippen molar-refractivity contribution in [3.8, 4) is 5.75 Å². The number of halogens is 4. The number of hydrogen-bond donors (Lipinski definition) is 1. The lowest BCUT2D eigenvalue weighted by atomic mass is 10.1. The minimum Gasteiger partial charge on any atom is -0.495 e. The molecule has 1 N–H and O–H groups in total. The molecule has 96 valence electrons. The fourth-order valence-electron chi connectivity index (χ4n) is 1.49. The summed E-state index contributed by atoms with van der Waals surface area (Å²) in [5.41, 5.74) is -0.139. The van der Waals surface area contributed by atoms with Gasteiger partial charge >= 0.3 is 6.18 Å². The van der Waals surface area contributed by atoms with E-state index in [0.29, 0.717) is 28.8 Å². The van der Waals surface area contributed by atoms with Crippen LogP contribution in [-0.4, -0.2) is 20.7 Å². The predicted octanol–water partition coefficient (Wildman–Crippen LogP) is 3.24. The Kier molecular flexibility index (Phi) is 4.82. The lowest BCUT2D eigenvalue weighted by Gasteiger charge is -2.14. The first-order chi connectivity index (χ1) is 7.90. The quantitative estimate of drug-likeness (QED) is 0.921. The van der Waals surface area contributed by atoms with Crippen LogP contribution in [0.1, 0.15) is 11.1 Å². The van der Waals surface area contributed by atoms with E-state index in [2.05, 4.69) is 21.2 Å². The second-order valence-electron chi connectivity index (χ2n) is 3.50. The second-order valence-corrected chi connectivity index (χ2v) is 4.36. The maximum absolute atomic E-state index is 12.6. The molecule has 17 heavy (non-hydrogen) atoms. The zero-order valence-electron chi connectivity index (χ0n) is 9.49. The zero-order valence-corrected chi connectivity index (χ0v) is 11.1. The van der Waals surface area contributed by atoms with E-state index >= 15 is 0 Å². The fraction of sp³-hybridized carbons (Fsp3) is 0.455. The molecule has 6 heteroatoms. The Balaban J connectivity index is 3.19. The number of rotatable bonds is 4. The molecule has 0 bridgehead atoms. The van der Waals surface area contributed by atoms with Gasteiger partial charge in [-0.3, -0.25) is 0 Å². The maximum Gasteiger partial charge on any atom is 0.416 e. The third-order valence-electron chi connectivity index (χ3n) is 2.30. The number of hydrogen-bond acceptors (Lipinski definition) is 2. The van der Waals surface area contributed by atoms with Crippen LogP contribution in [0.25, 0.3) is 0 Å². The van der Waals surface area contributed by atoms with Gasteiger partial charge in [0.15, 0.2) is 0 Å². The van der Waals surface area contributed by atoms with Gasteiger partial charge in [0, 0.05) is 0 Å². The van der Waals surface area contributed by atoms with Gasteiger partial charge < -0.3 is 10.1 Å². The molecule has 1 aromatic carbocycles. The minimum absolute atomic E-state index is 0.320. The van der Waals surface area contributed by atoms with E-state index in [0.717, 1.165) is 12.1 Å². The third-order valence-corrected chi connectivity index (χ3v) is 2.89. The Morgan fingerprint density at radius 3 is 2.47 bits per heavy atom. The van der Waals surface area contributed by atoms with Crippen LogP contribution in [0.5, 0.6) is 5.75 Å². The van der Waals surface area contributed by atoms with E-state index in [9.17, 15) is 13.2 Å². The smallest absolute Gasteiger partial charge is 0.416 e. The molecule has 0 heterocycles. The summed E-state index contributed by atoms with van der Waals surface area (Å²) in [4.78, 5) is 0. The molecule has 0 saturated carbocycles. The van der Waals surface area contributed by atoms with Crippen molar-refractivity contribution < 1.29 is 17.9 Å². The van der Waals surface area contributed by atoms with Crippen molar-refractivity contribution in [2.24, 2.45) is 0 Å². The van der Waals surface area contributed by atoms with Crippen LogP contribution in [0.4, 0.5) is 13.2 Å². The van der Waals surface area contributed by atoms with Crippen molar-refractivity contribution in [1.29, 1.82) is 0 Å².